The average molecular weight is 777 g/mol. The molecule has 0 aliphatic carbocycles. The van der Waals surface area contributed by atoms with E-state index >= 15 is 0 Å². The van der Waals surface area contributed by atoms with Gasteiger partial charge in [0.25, 0.3) is 0 Å². The molecule has 0 radical (unpaired) electrons. The van der Waals surface area contributed by atoms with Gasteiger partial charge in [0.1, 0.15) is 18.1 Å². The van der Waals surface area contributed by atoms with Gasteiger partial charge in [-0.3, -0.25) is 28.8 Å². The van der Waals surface area contributed by atoms with Crippen LogP contribution in [-0.2, 0) is 28.8 Å². The predicted octanol–water partition coefficient (Wildman–Crippen LogP) is 3.41. The van der Waals surface area contributed by atoms with Crippen LogP contribution < -0.4 is 32.3 Å². The van der Waals surface area contributed by atoms with Crippen LogP contribution in [0.5, 0.6) is 0 Å². The summed E-state index contributed by atoms with van der Waals surface area (Å²) in [6, 6.07) is -2.16. The van der Waals surface area contributed by atoms with Crippen LogP contribution >= 0.6 is 0 Å². The molecule has 14 heteroatoms. The van der Waals surface area contributed by atoms with E-state index in [1.807, 2.05) is 0 Å². The molecular formula is C41H76N8O6. The van der Waals surface area contributed by atoms with Crippen LogP contribution in [-0.4, -0.2) is 116 Å². The molecule has 0 aromatic heterocycles. The second kappa shape index (κ2) is 29.0. The fourth-order valence-corrected chi connectivity index (χ4v) is 7.60. The van der Waals surface area contributed by atoms with Gasteiger partial charge in [-0.1, -0.05) is 65.2 Å². The first-order valence-corrected chi connectivity index (χ1v) is 21.8. The smallest absolute Gasteiger partial charge is 0.243 e. The van der Waals surface area contributed by atoms with E-state index in [2.05, 4.69) is 40.4 Å². The number of amides is 6. The maximum Gasteiger partial charge on any atom is 0.243 e. The van der Waals surface area contributed by atoms with E-state index < -0.39 is 18.1 Å². The zero-order valence-corrected chi connectivity index (χ0v) is 34.5. The molecule has 0 bridgehead atoms. The largest absolute Gasteiger partial charge is 0.354 e. The van der Waals surface area contributed by atoms with E-state index in [0.717, 1.165) is 70.6 Å². The van der Waals surface area contributed by atoms with E-state index in [9.17, 15) is 28.8 Å². The molecule has 2 heterocycles. The Kier molecular flexibility index (Phi) is 25.3. The summed E-state index contributed by atoms with van der Waals surface area (Å²) >= 11 is 0. The number of nitrogens with one attached hydrogen (secondary N) is 5. The summed E-state index contributed by atoms with van der Waals surface area (Å²) in [5.41, 5.74) is 5.50. The van der Waals surface area contributed by atoms with Crippen molar-refractivity contribution < 1.29 is 28.8 Å². The van der Waals surface area contributed by atoms with Crippen molar-refractivity contribution in [3.63, 3.8) is 0 Å². The summed E-state index contributed by atoms with van der Waals surface area (Å²) in [4.78, 5) is 81.9. The van der Waals surface area contributed by atoms with E-state index in [-0.39, 0.29) is 41.5 Å². The van der Waals surface area contributed by atoms with Crippen LogP contribution in [0.4, 0.5) is 0 Å². The normalized spacial score (nSPS) is 17.8. The molecule has 2 fully saturated rings. The minimum atomic E-state index is -0.790. The molecule has 0 saturated carbocycles. The van der Waals surface area contributed by atoms with Crippen LogP contribution in [0.15, 0.2) is 0 Å². The Bertz CT molecular complexity index is 1160. The standard InChI is InChI=1S/C41H76N8O6/c1-4-6-8-10-12-24-36(50)48-30-18-22-34(48)40(54)45-28-17-15-21-33(39(53)44-27-16-14-20-32(43-3)38(52)46-29-26-42)47-41(55)35-23-19-31-49(35)37(51)25-13-11-9-7-5-2/h32-35,43H,4-31,42H2,1-3H3,(H,44,53)(H,45,54)(H,46,52)(H,47,55). The van der Waals surface area contributed by atoms with E-state index in [1.165, 1.54) is 6.42 Å². The van der Waals surface area contributed by atoms with Crippen molar-refractivity contribution in [2.75, 3.05) is 46.3 Å². The highest BCUT2D eigenvalue weighted by molar-refractivity contribution is 5.92. The molecule has 2 saturated heterocycles. The topological polar surface area (TPSA) is 195 Å². The van der Waals surface area contributed by atoms with Gasteiger partial charge in [-0.25, -0.2) is 0 Å². The summed E-state index contributed by atoms with van der Waals surface area (Å²) in [7, 11) is 1.74. The number of hydrogen-bond donors (Lipinski definition) is 6. The number of rotatable bonds is 30. The average Bonchev–Trinajstić information content (AvgIpc) is 3.89. The molecule has 7 N–H and O–H groups in total. The summed E-state index contributed by atoms with van der Waals surface area (Å²) in [5, 5.41) is 14.8. The van der Waals surface area contributed by atoms with Crippen LogP contribution in [0.3, 0.4) is 0 Å². The molecule has 316 valence electrons. The molecule has 55 heavy (non-hydrogen) atoms. The van der Waals surface area contributed by atoms with Crippen molar-refractivity contribution in [1.29, 1.82) is 0 Å². The van der Waals surface area contributed by atoms with E-state index in [0.29, 0.717) is 103 Å². The quantitative estimate of drug-likeness (QED) is 0.0598. The Labute approximate surface area is 331 Å². The Morgan fingerprint density at radius 1 is 0.582 bits per heavy atom. The third-order valence-electron chi connectivity index (χ3n) is 10.9. The summed E-state index contributed by atoms with van der Waals surface area (Å²) in [6.07, 6.45) is 17.8. The maximum absolute atomic E-state index is 13.6. The lowest BCUT2D eigenvalue weighted by Gasteiger charge is -2.27. The molecule has 2 aliphatic heterocycles. The Balaban J connectivity index is 1.91. The highest BCUT2D eigenvalue weighted by Crippen LogP contribution is 2.21. The number of nitrogens with two attached hydrogens (primary N) is 1. The van der Waals surface area contributed by atoms with E-state index in [4.69, 9.17) is 5.73 Å². The molecule has 2 aliphatic rings. The van der Waals surface area contributed by atoms with Crippen molar-refractivity contribution in [3.8, 4) is 0 Å². The van der Waals surface area contributed by atoms with Crippen molar-refractivity contribution in [2.45, 2.75) is 179 Å². The lowest BCUT2D eigenvalue weighted by molar-refractivity contribution is -0.139. The van der Waals surface area contributed by atoms with Gasteiger partial charge in [-0.2, -0.15) is 0 Å². The fourth-order valence-electron chi connectivity index (χ4n) is 7.60. The first-order valence-electron chi connectivity index (χ1n) is 21.8. The predicted molar refractivity (Wildman–Crippen MR) is 217 cm³/mol. The van der Waals surface area contributed by atoms with Gasteiger partial charge in [0, 0.05) is 52.1 Å². The monoisotopic (exact) mass is 777 g/mol. The van der Waals surface area contributed by atoms with Gasteiger partial charge >= 0.3 is 0 Å². The minimum absolute atomic E-state index is 0.00280. The van der Waals surface area contributed by atoms with Gasteiger partial charge in [-0.05, 0) is 84.1 Å². The number of carbonyl (C=O) groups is 6. The highest BCUT2D eigenvalue weighted by atomic mass is 16.2. The number of nitrogens with zero attached hydrogens (tertiary/aromatic N) is 2. The van der Waals surface area contributed by atoms with Gasteiger partial charge in [0.2, 0.25) is 35.4 Å². The van der Waals surface area contributed by atoms with Crippen LogP contribution in [0.2, 0.25) is 0 Å². The van der Waals surface area contributed by atoms with Crippen molar-refractivity contribution in [2.24, 2.45) is 5.73 Å². The minimum Gasteiger partial charge on any atom is -0.354 e. The van der Waals surface area contributed by atoms with E-state index in [1.54, 1.807) is 16.8 Å². The molecule has 4 unspecified atom stereocenters. The lowest BCUT2D eigenvalue weighted by Crippen LogP contribution is -2.53. The second-order valence-corrected chi connectivity index (χ2v) is 15.4. The molecule has 4 atom stereocenters. The molecule has 0 spiro atoms. The highest BCUT2D eigenvalue weighted by Gasteiger charge is 2.36. The first kappa shape index (κ1) is 47.9. The zero-order valence-electron chi connectivity index (χ0n) is 34.5. The second-order valence-electron chi connectivity index (χ2n) is 15.4. The molecular weight excluding hydrogens is 701 g/mol. The number of hydrogen-bond acceptors (Lipinski definition) is 8. The number of likely N-dealkylation sites (N-methyl/N-ethyl adjacent to an activating group) is 1. The third kappa shape index (κ3) is 18.5. The number of unbranched alkanes of at least 4 members (excludes halogenated alkanes) is 10. The summed E-state index contributed by atoms with van der Waals surface area (Å²) < 4.78 is 0. The first-order chi connectivity index (χ1) is 26.7. The molecule has 6 amide bonds. The fraction of sp³-hybridized carbons (Fsp3) is 0.854. The van der Waals surface area contributed by atoms with Crippen molar-refractivity contribution in [1.82, 2.24) is 36.4 Å². The Morgan fingerprint density at radius 2 is 1.05 bits per heavy atom. The zero-order chi connectivity index (χ0) is 40.3. The van der Waals surface area contributed by atoms with Gasteiger partial charge in [-0.15, -0.1) is 0 Å². The van der Waals surface area contributed by atoms with Crippen LogP contribution in [0, 0.1) is 0 Å². The number of likely N-dealkylation sites (tertiary alicyclic amines) is 2. The summed E-state index contributed by atoms with van der Waals surface area (Å²) in [6.45, 7) is 7.07. The van der Waals surface area contributed by atoms with Gasteiger partial charge in [0.15, 0.2) is 0 Å². The molecule has 14 nitrogen and oxygen atoms in total. The number of carbonyl (C=O) groups excluding carboxylic acids is 6. The maximum atomic E-state index is 13.6. The van der Waals surface area contributed by atoms with Gasteiger partial charge in [0.05, 0.1) is 6.04 Å². The Hall–Kier alpha value is -3.26. The third-order valence-corrected chi connectivity index (χ3v) is 10.9. The molecule has 0 aromatic carbocycles. The van der Waals surface area contributed by atoms with Crippen molar-refractivity contribution >= 4 is 35.4 Å². The SMILES string of the molecule is CCCCCCCC(=O)N1CCCC1C(=O)NCCCCC(NC(=O)C1CCCN1C(=O)CCCCCCC)C(=O)NCCCCC(NC)C(=O)NCCN. The van der Waals surface area contributed by atoms with Crippen LogP contribution in [0.25, 0.3) is 0 Å². The van der Waals surface area contributed by atoms with Crippen molar-refractivity contribution in [3.05, 3.63) is 0 Å². The van der Waals surface area contributed by atoms with Crippen LogP contribution in [0.1, 0.15) is 155 Å². The molecule has 0 aromatic rings. The summed E-state index contributed by atoms with van der Waals surface area (Å²) in [5.74, 6) is -0.769. The Morgan fingerprint density at radius 3 is 1.58 bits per heavy atom. The lowest BCUT2D eigenvalue weighted by atomic mass is 10.1. The van der Waals surface area contributed by atoms with Gasteiger partial charge < -0.3 is 42.1 Å². The molecule has 2 rings (SSSR count).